The SMILES string of the molecule is C[C@@H]1CN(c2cc(Br)ccc2C#N)C[C@H]1C(=O)O. The van der Waals surface area contributed by atoms with Gasteiger partial charge in [-0.15, -0.1) is 0 Å². The molecule has 0 unspecified atom stereocenters. The van der Waals surface area contributed by atoms with Crippen LogP contribution in [0, 0.1) is 23.2 Å². The fraction of sp³-hybridized carbons (Fsp3) is 0.385. The molecule has 1 heterocycles. The van der Waals surface area contributed by atoms with Gasteiger partial charge in [-0.25, -0.2) is 0 Å². The van der Waals surface area contributed by atoms with E-state index in [0.717, 1.165) is 10.2 Å². The lowest BCUT2D eigenvalue weighted by Gasteiger charge is -2.19. The third-order valence-corrected chi connectivity index (χ3v) is 3.84. The number of carboxylic acid groups (broad SMARTS) is 1. The molecule has 0 spiro atoms. The van der Waals surface area contributed by atoms with E-state index in [1.807, 2.05) is 24.0 Å². The van der Waals surface area contributed by atoms with Crippen LogP contribution in [0.4, 0.5) is 5.69 Å². The fourth-order valence-corrected chi connectivity index (χ4v) is 2.69. The summed E-state index contributed by atoms with van der Waals surface area (Å²) >= 11 is 3.38. The highest BCUT2D eigenvalue weighted by Gasteiger charge is 2.35. The number of aliphatic carboxylic acids is 1. The summed E-state index contributed by atoms with van der Waals surface area (Å²) in [5, 5.41) is 18.2. The van der Waals surface area contributed by atoms with Crippen molar-refractivity contribution in [1.29, 1.82) is 5.26 Å². The minimum absolute atomic E-state index is 0.0908. The average molecular weight is 309 g/mol. The Labute approximate surface area is 114 Å². The molecule has 4 nitrogen and oxygen atoms in total. The highest BCUT2D eigenvalue weighted by atomic mass is 79.9. The number of nitriles is 1. The third-order valence-electron chi connectivity index (χ3n) is 3.35. The van der Waals surface area contributed by atoms with Gasteiger partial charge >= 0.3 is 5.97 Å². The van der Waals surface area contributed by atoms with Crippen molar-refractivity contribution >= 4 is 27.6 Å². The van der Waals surface area contributed by atoms with Crippen molar-refractivity contribution < 1.29 is 9.90 Å². The summed E-state index contributed by atoms with van der Waals surface area (Å²) in [5.41, 5.74) is 1.39. The topological polar surface area (TPSA) is 64.3 Å². The minimum Gasteiger partial charge on any atom is -0.481 e. The maximum atomic E-state index is 11.1. The van der Waals surface area contributed by atoms with Gasteiger partial charge in [0.2, 0.25) is 0 Å². The molecule has 1 N–H and O–H groups in total. The first-order valence-corrected chi connectivity index (χ1v) is 6.49. The zero-order valence-electron chi connectivity index (χ0n) is 9.93. The van der Waals surface area contributed by atoms with E-state index in [4.69, 9.17) is 10.4 Å². The fourth-order valence-electron chi connectivity index (χ4n) is 2.35. The van der Waals surface area contributed by atoms with Gasteiger partial charge < -0.3 is 10.0 Å². The molecule has 1 aromatic rings. The van der Waals surface area contributed by atoms with E-state index in [9.17, 15) is 4.79 Å². The van der Waals surface area contributed by atoms with Gasteiger partial charge in [0.05, 0.1) is 17.2 Å². The quantitative estimate of drug-likeness (QED) is 0.911. The lowest BCUT2D eigenvalue weighted by molar-refractivity contribution is -0.142. The number of benzene rings is 1. The van der Waals surface area contributed by atoms with Crippen LogP contribution in [-0.2, 0) is 4.79 Å². The highest BCUT2D eigenvalue weighted by molar-refractivity contribution is 9.10. The van der Waals surface area contributed by atoms with Gasteiger partial charge in [0.15, 0.2) is 0 Å². The molecule has 0 bridgehead atoms. The molecule has 94 valence electrons. The molecule has 0 aromatic heterocycles. The van der Waals surface area contributed by atoms with Crippen molar-refractivity contribution in [1.82, 2.24) is 0 Å². The number of hydrogen-bond acceptors (Lipinski definition) is 3. The molecular weight excluding hydrogens is 296 g/mol. The Bertz CT molecular complexity index is 524. The maximum Gasteiger partial charge on any atom is 0.308 e. The Hall–Kier alpha value is -1.54. The predicted octanol–water partition coefficient (Wildman–Crippen LogP) is 2.48. The molecule has 2 atom stereocenters. The molecule has 1 fully saturated rings. The Balaban J connectivity index is 2.32. The van der Waals surface area contributed by atoms with E-state index < -0.39 is 5.97 Å². The Kier molecular flexibility index (Phi) is 3.58. The first kappa shape index (κ1) is 12.9. The molecular formula is C13H13BrN2O2. The highest BCUT2D eigenvalue weighted by Crippen LogP contribution is 2.32. The summed E-state index contributed by atoms with van der Waals surface area (Å²) in [6.07, 6.45) is 0. The molecule has 0 aliphatic carbocycles. The number of carboxylic acids is 1. The standard InChI is InChI=1S/C13H13BrN2O2/c1-8-6-16(7-11(8)13(17)18)12-4-10(14)3-2-9(12)5-15/h2-4,8,11H,6-7H2,1H3,(H,17,18)/t8-,11-/m1/s1. The summed E-state index contributed by atoms with van der Waals surface area (Å²) in [6.45, 7) is 3.06. The minimum atomic E-state index is -0.765. The van der Waals surface area contributed by atoms with Crippen LogP contribution in [0.25, 0.3) is 0 Å². The van der Waals surface area contributed by atoms with Crippen LogP contribution in [0.15, 0.2) is 22.7 Å². The first-order valence-electron chi connectivity index (χ1n) is 5.70. The number of nitrogens with zero attached hydrogens (tertiary/aromatic N) is 2. The second-order valence-corrected chi connectivity index (χ2v) is 5.52. The van der Waals surface area contributed by atoms with E-state index in [-0.39, 0.29) is 11.8 Å². The van der Waals surface area contributed by atoms with Crippen LogP contribution in [0.2, 0.25) is 0 Å². The van der Waals surface area contributed by atoms with E-state index in [1.54, 1.807) is 6.07 Å². The third kappa shape index (κ3) is 2.34. The van der Waals surface area contributed by atoms with Crippen LogP contribution < -0.4 is 4.90 Å². The lowest BCUT2D eigenvalue weighted by atomic mass is 9.99. The van der Waals surface area contributed by atoms with Crippen molar-refractivity contribution in [2.24, 2.45) is 11.8 Å². The average Bonchev–Trinajstić information content (AvgIpc) is 2.71. The molecule has 1 saturated heterocycles. The molecule has 1 aliphatic rings. The molecule has 18 heavy (non-hydrogen) atoms. The zero-order valence-corrected chi connectivity index (χ0v) is 11.5. The summed E-state index contributed by atoms with van der Waals surface area (Å²) in [6, 6.07) is 7.58. The molecule has 1 aromatic carbocycles. The van der Waals surface area contributed by atoms with Crippen molar-refractivity contribution in [2.45, 2.75) is 6.92 Å². The molecule has 5 heteroatoms. The number of carbonyl (C=O) groups is 1. The van der Waals surface area contributed by atoms with Crippen molar-refractivity contribution in [2.75, 3.05) is 18.0 Å². The second-order valence-electron chi connectivity index (χ2n) is 4.60. The van der Waals surface area contributed by atoms with E-state index in [0.29, 0.717) is 18.7 Å². The molecule has 0 radical (unpaired) electrons. The Morgan fingerprint density at radius 2 is 2.28 bits per heavy atom. The van der Waals surface area contributed by atoms with Crippen LogP contribution in [0.3, 0.4) is 0 Å². The van der Waals surface area contributed by atoms with Gasteiger partial charge in [0, 0.05) is 17.6 Å². The number of hydrogen-bond donors (Lipinski definition) is 1. The zero-order chi connectivity index (χ0) is 13.3. The van der Waals surface area contributed by atoms with Gasteiger partial charge in [-0.05, 0) is 24.1 Å². The number of anilines is 1. The smallest absolute Gasteiger partial charge is 0.308 e. The second kappa shape index (κ2) is 4.99. The van der Waals surface area contributed by atoms with E-state index in [1.165, 1.54) is 0 Å². The summed E-state index contributed by atoms with van der Waals surface area (Å²) in [5.74, 6) is -1.04. The number of halogens is 1. The molecule has 0 saturated carbocycles. The van der Waals surface area contributed by atoms with Crippen molar-refractivity contribution in [3.05, 3.63) is 28.2 Å². The molecule has 1 aliphatic heterocycles. The van der Waals surface area contributed by atoms with Gasteiger partial charge in [-0.3, -0.25) is 4.79 Å². The summed E-state index contributed by atoms with van der Waals surface area (Å²) < 4.78 is 0.892. The first-order chi connectivity index (χ1) is 8.52. The van der Waals surface area contributed by atoms with Crippen LogP contribution in [0.5, 0.6) is 0 Å². The summed E-state index contributed by atoms with van der Waals surface area (Å²) in [7, 11) is 0. The van der Waals surface area contributed by atoms with Gasteiger partial charge in [0.1, 0.15) is 6.07 Å². The van der Waals surface area contributed by atoms with Crippen molar-refractivity contribution in [3.63, 3.8) is 0 Å². The van der Waals surface area contributed by atoms with Gasteiger partial charge in [-0.1, -0.05) is 22.9 Å². The van der Waals surface area contributed by atoms with Gasteiger partial charge in [0.25, 0.3) is 0 Å². The van der Waals surface area contributed by atoms with Crippen LogP contribution in [-0.4, -0.2) is 24.2 Å². The monoisotopic (exact) mass is 308 g/mol. The maximum absolute atomic E-state index is 11.1. The van der Waals surface area contributed by atoms with Gasteiger partial charge in [-0.2, -0.15) is 5.26 Å². The van der Waals surface area contributed by atoms with Crippen molar-refractivity contribution in [3.8, 4) is 6.07 Å². The van der Waals surface area contributed by atoms with E-state index in [2.05, 4.69) is 22.0 Å². The summed E-state index contributed by atoms with van der Waals surface area (Å²) in [4.78, 5) is 13.1. The normalized spacial score (nSPS) is 22.8. The Morgan fingerprint density at radius 1 is 1.56 bits per heavy atom. The van der Waals surface area contributed by atoms with E-state index >= 15 is 0 Å². The molecule has 2 rings (SSSR count). The van der Waals surface area contributed by atoms with Crippen LogP contribution >= 0.6 is 15.9 Å². The number of rotatable bonds is 2. The predicted molar refractivity (Wildman–Crippen MR) is 71.4 cm³/mol. The largest absolute Gasteiger partial charge is 0.481 e. The van der Waals surface area contributed by atoms with Crippen LogP contribution in [0.1, 0.15) is 12.5 Å². The lowest BCUT2D eigenvalue weighted by Crippen LogP contribution is -2.23. The molecule has 0 amide bonds. The Morgan fingerprint density at radius 3 is 2.83 bits per heavy atom.